The number of nitrogens with one attached hydrogen (secondary N) is 2. The summed E-state index contributed by atoms with van der Waals surface area (Å²) in [6.07, 6.45) is -1.08. The lowest BCUT2D eigenvalue weighted by Gasteiger charge is -2.21. The molecular weight excluding hydrogens is 328 g/mol. The molecule has 7 heteroatoms. The van der Waals surface area contributed by atoms with Crippen molar-refractivity contribution in [3.8, 4) is 0 Å². The number of benzene rings is 1. The van der Waals surface area contributed by atoms with Gasteiger partial charge in [0.05, 0.1) is 0 Å². The van der Waals surface area contributed by atoms with E-state index < -0.39 is 29.6 Å². The molecule has 3 amide bonds. The molecule has 128 valence electrons. The highest BCUT2D eigenvalue weighted by atomic mass is 32.1. The molecule has 6 nitrogen and oxygen atoms in total. The second kappa shape index (κ2) is 7.00. The van der Waals surface area contributed by atoms with Crippen molar-refractivity contribution in [2.75, 3.05) is 0 Å². The van der Waals surface area contributed by atoms with Gasteiger partial charge in [0.25, 0.3) is 5.91 Å². The first-order chi connectivity index (χ1) is 11.2. The number of urea groups is 1. The Morgan fingerprint density at radius 3 is 2.46 bits per heavy atom. The molecule has 1 aromatic heterocycles. The lowest BCUT2D eigenvalue weighted by atomic mass is 10.1. The number of carbonyl (C=O) groups excluding carboxylic acids is 3. The van der Waals surface area contributed by atoms with Crippen molar-refractivity contribution >= 4 is 39.3 Å². The Labute approximate surface area is 144 Å². The molecule has 0 aliphatic heterocycles. The number of amides is 3. The summed E-state index contributed by atoms with van der Waals surface area (Å²) in [7, 11) is 0. The van der Waals surface area contributed by atoms with Crippen LogP contribution in [0.3, 0.4) is 0 Å². The molecule has 2 rings (SSSR count). The van der Waals surface area contributed by atoms with Gasteiger partial charge in [-0.2, -0.15) is 0 Å². The first-order valence-electron chi connectivity index (χ1n) is 7.48. The Morgan fingerprint density at radius 1 is 1.17 bits per heavy atom. The van der Waals surface area contributed by atoms with Crippen LogP contribution in [0, 0.1) is 0 Å². The van der Waals surface area contributed by atoms with E-state index in [9.17, 15) is 14.4 Å². The molecule has 0 spiro atoms. The second-order valence-electron chi connectivity index (χ2n) is 6.39. The highest BCUT2D eigenvalue weighted by molar-refractivity contribution is 7.20. The number of fused-ring (bicyclic) bond motifs is 1. The molecule has 0 radical (unpaired) electrons. The highest BCUT2D eigenvalue weighted by Gasteiger charge is 2.23. The highest BCUT2D eigenvalue weighted by Crippen LogP contribution is 2.26. The fourth-order valence-corrected chi connectivity index (χ4v) is 2.89. The van der Waals surface area contributed by atoms with Crippen molar-refractivity contribution in [2.24, 2.45) is 0 Å². The molecule has 0 fully saturated rings. The molecular formula is C17H20N2O4S. The molecule has 0 unspecified atom stereocenters. The van der Waals surface area contributed by atoms with Crippen LogP contribution in [0.4, 0.5) is 4.79 Å². The quantitative estimate of drug-likeness (QED) is 0.835. The fraction of sp³-hybridized carbons (Fsp3) is 0.353. The maximum atomic E-state index is 12.2. The average molecular weight is 348 g/mol. The zero-order valence-electron chi connectivity index (χ0n) is 14.0. The van der Waals surface area contributed by atoms with E-state index in [1.807, 2.05) is 24.3 Å². The van der Waals surface area contributed by atoms with Crippen LogP contribution in [-0.2, 0) is 9.53 Å². The summed E-state index contributed by atoms with van der Waals surface area (Å²) >= 11 is 1.30. The minimum Gasteiger partial charge on any atom is -0.448 e. The van der Waals surface area contributed by atoms with E-state index in [4.69, 9.17) is 4.74 Å². The van der Waals surface area contributed by atoms with Gasteiger partial charge in [0, 0.05) is 10.2 Å². The minimum atomic E-state index is -1.08. The normalized spacial score (nSPS) is 12.5. The van der Waals surface area contributed by atoms with Crippen molar-refractivity contribution in [1.29, 1.82) is 0 Å². The molecule has 0 aliphatic rings. The van der Waals surface area contributed by atoms with E-state index in [0.717, 1.165) is 10.1 Å². The van der Waals surface area contributed by atoms with Gasteiger partial charge >= 0.3 is 12.0 Å². The second-order valence-corrected chi connectivity index (χ2v) is 7.47. The first kappa shape index (κ1) is 17.9. The molecule has 0 saturated heterocycles. The van der Waals surface area contributed by atoms with Crippen LogP contribution in [0.1, 0.15) is 37.4 Å². The average Bonchev–Trinajstić information content (AvgIpc) is 2.88. The standard InChI is InChI=1S/C17H20N2O4S/c1-10(14(20)18-16(22)19-17(2,3)4)23-15(21)13-9-11-7-5-6-8-12(11)24-13/h5-10H,1-4H3,(H2,18,19,20,22)/t10-/m0/s1. The third-order valence-electron chi connectivity index (χ3n) is 3.01. The van der Waals surface area contributed by atoms with Crippen LogP contribution in [-0.4, -0.2) is 29.6 Å². The Morgan fingerprint density at radius 2 is 1.83 bits per heavy atom. The third-order valence-corrected chi connectivity index (χ3v) is 4.10. The Balaban J connectivity index is 1.95. The largest absolute Gasteiger partial charge is 0.448 e. The topological polar surface area (TPSA) is 84.5 Å². The van der Waals surface area contributed by atoms with Crippen molar-refractivity contribution in [1.82, 2.24) is 10.6 Å². The SMILES string of the molecule is C[C@H](OC(=O)c1cc2ccccc2s1)C(=O)NC(=O)NC(C)(C)C. The summed E-state index contributed by atoms with van der Waals surface area (Å²) in [6.45, 7) is 6.80. The monoisotopic (exact) mass is 348 g/mol. The Bertz CT molecular complexity index is 743. The summed E-state index contributed by atoms with van der Waals surface area (Å²) in [5.74, 6) is -1.26. The molecule has 0 bridgehead atoms. The van der Waals surface area contributed by atoms with Gasteiger partial charge in [0.2, 0.25) is 0 Å². The smallest absolute Gasteiger partial charge is 0.349 e. The van der Waals surface area contributed by atoms with E-state index in [0.29, 0.717) is 4.88 Å². The minimum absolute atomic E-state index is 0.412. The molecule has 1 aromatic carbocycles. The summed E-state index contributed by atoms with van der Waals surface area (Å²) in [5.41, 5.74) is -0.471. The van der Waals surface area contributed by atoms with Gasteiger partial charge in [-0.1, -0.05) is 18.2 Å². The Kier molecular flexibility index (Phi) is 5.23. The maximum absolute atomic E-state index is 12.2. The Hall–Kier alpha value is -2.41. The number of imide groups is 1. The number of ether oxygens (including phenoxy) is 1. The molecule has 24 heavy (non-hydrogen) atoms. The van der Waals surface area contributed by atoms with Crippen LogP contribution in [0.2, 0.25) is 0 Å². The van der Waals surface area contributed by atoms with Crippen LogP contribution in [0.5, 0.6) is 0 Å². The van der Waals surface area contributed by atoms with Gasteiger partial charge in [0.15, 0.2) is 6.10 Å². The van der Waals surface area contributed by atoms with Crippen LogP contribution < -0.4 is 10.6 Å². The predicted octanol–water partition coefficient (Wildman–Crippen LogP) is 3.07. The summed E-state index contributed by atoms with van der Waals surface area (Å²) in [6, 6.07) is 8.67. The van der Waals surface area contributed by atoms with E-state index >= 15 is 0 Å². The van der Waals surface area contributed by atoms with Crippen LogP contribution in [0.25, 0.3) is 10.1 Å². The van der Waals surface area contributed by atoms with Gasteiger partial charge in [0.1, 0.15) is 4.88 Å². The molecule has 0 aliphatic carbocycles. The number of hydrogen-bond acceptors (Lipinski definition) is 5. The molecule has 2 aromatic rings. The zero-order valence-corrected chi connectivity index (χ0v) is 14.8. The summed E-state index contributed by atoms with van der Waals surface area (Å²) in [4.78, 5) is 36.2. The van der Waals surface area contributed by atoms with Crippen LogP contribution >= 0.6 is 11.3 Å². The molecule has 0 saturated carbocycles. The number of hydrogen-bond donors (Lipinski definition) is 2. The van der Waals surface area contributed by atoms with Gasteiger partial charge in [-0.3, -0.25) is 10.1 Å². The van der Waals surface area contributed by atoms with Crippen molar-refractivity contribution in [3.05, 3.63) is 35.2 Å². The van der Waals surface area contributed by atoms with E-state index in [1.165, 1.54) is 18.3 Å². The first-order valence-corrected chi connectivity index (χ1v) is 8.30. The molecule has 1 atom stereocenters. The molecule has 1 heterocycles. The number of thiophene rings is 1. The van der Waals surface area contributed by atoms with Gasteiger partial charge < -0.3 is 10.1 Å². The van der Waals surface area contributed by atoms with Crippen molar-refractivity contribution in [2.45, 2.75) is 39.3 Å². The zero-order chi connectivity index (χ0) is 17.9. The summed E-state index contributed by atoms with van der Waals surface area (Å²) < 4.78 is 6.10. The van der Waals surface area contributed by atoms with Gasteiger partial charge in [-0.15, -0.1) is 11.3 Å². The van der Waals surface area contributed by atoms with Gasteiger partial charge in [-0.25, -0.2) is 9.59 Å². The van der Waals surface area contributed by atoms with Crippen molar-refractivity contribution in [3.63, 3.8) is 0 Å². The molecule has 2 N–H and O–H groups in total. The fourth-order valence-electron chi connectivity index (χ4n) is 1.94. The van der Waals surface area contributed by atoms with Crippen molar-refractivity contribution < 1.29 is 19.1 Å². The lowest BCUT2D eigenvalue weighted by molar-refractivity contribution is -0.127. The number of rotatable bonds is 3. The van der Waals surface area contributed by atoms with Gasteiger partial charge in [-0.05, 0) is 45.2 Å². The van der Waals surface area contributed by atoms with Crippen LogP contribution in [0.15, 0.2) is 30.3 Å². The predicted molar refractivity (Wildman–Crippen MR) is 93.1 cm³/mol. The van der Waals surface area contributed by atoms with E-state index in [2.05, 4.69) is 10.6 Å². The third kappa shape index (κ3) is 4.79. The maximum Gasteiger partial charge on any atom is 0.349 e. The number of carbonyl (C=O) groups is 3. The number of esters is 1. The lowest BCUT2D eigenvalue weighted by Crippen LogP contribution is -2.50. The van der Waals surface area contributed by atoms with E-state index in [1.54, 1.807) is 26.8 Å². The summed E-state index contributed by atoms with van der Waals surface area (Å²) in [5, 5.41) is 5.70. The van der Waals surface area contributed by atoms with E-state index in [-0.39, 0.29) is 0 Å².